The van der Waals surface area contributed by atoms with Crippen molar-refractivity contribution in [2.75, 3.05) is 13.2 Å². The molecule has 0 fully saturated rings. The molecular formula is C20H22N2O4S. The molecule has 27 heavy (non-hydrogen) atoms. The monoisotopic (exact) mass is 386 g/mol. The zero-order valence-electron chi connectivity index (χ0n) is 15.3. The van der Waals surface area contributed by atoms with Crippen LogP contribution in [0.15, 0.2) is 53.4 Å². The molecule has 1 atom stereocenters. The van der Waals surface area contributed by atoms with Crippen molar-refractivity contribution in [3.8, 4) is 0 Å². The molecule has 1 aliphatic rings. The smallest absolute Gasteiger partial charge is 0.290 e. The van der Waals surface area contributed by atoms with Crippen LogP contribution in [0.2, 0.25) is 0 Å². The summed E-state index contributed by atoms with van der Waals surface area (Å²) in [4.78, 5) is 31.8. The molecule has 0 aromatic carbocycles. The fraction of sp³-hybridized carbons (Fsp3) is 0.350. The average molecular weight is 386 g/mol. The van der Waals surface area contributed by atoms with E-state index >= 15 is 0 Å². The summed E-state index contributed by atoms with van der Waals surface area (Å²) < 4.78 is 5.55. The Morgan fingerprint density at radius 3 is 2.81 bits per heavy atom. The van der Waals surface area contributed by atoms with Crippen molar-refractivity contribution >= 4 is 23.0 Å². The molecule has 1 amide bonds. The first-order valence-corrected chi connectivity index (χ1v) is 9.72. The van der Waals surface area contributed by atoms with Gasteiger partial charge < -0.3 is 14.7 Å². The summed E-state index contributed by atoms with van der Waals surface area (Å²) in [5.41, 5.74) is 0.805. The predicted octanol–water partition coefficient (Wildman–Crippen LogP) is 3.54. The Balaban J connectivity index is 1.91. The Labute approximate surface area is 162 Å². The first kappa shape index (κ1) is 19.3. The van der Waals surface area contributed by atoms with E-state index in [9.17, 15) is 14.7 Å². The summed E-state index contributed by atoms with van der Waals surface area (Å²) in [5, 5.41) is 12.3. The van der Waals surface area contributed by atoms with Gasteiger partial charge in [-0.3, -0.25) is 14.6 Å². The molecule has 0 unspecified atom stereocenters. The summed E-state index contributed by atoms with van der Waals surface area (Å²) in [5.74, 6) is -1.34. The number of carbonyl (C=O) groups excluding carboxylic acids is 2. The van der Waals surface area contributed by atoms with Gasteiger partial charge >= 0.3 is 0 Å². The molecule has 7 heteroatoms. The maximum absolute atomic E-state index is 13.0. The van der Waals surface area contributed by atoms with E-state index in [1.165, 1.54) is 16.2 Å². The number of thiophene rings is 1. The van der Waals surface area contributed by atoms with E-state index in [0.717, 1.165) is 0 Å². The van der Waals surface area contributed by atoms with E-state index in [4.69, 9.17) is 4.74 Å². The van der Waals surface area contributed by atoms with Crippen LogP contribution in [0.4, 0.5) is 0 Å². The number of nitrogens with zero attached hydrogens (tertiary/aromatic N) is 2. The second kappa shape index (κ2) is 8.45. The highest BCUT2D eigenvalue weighted by molar-refractivity contribution is 7.12. The van der Waals surface area contributed by atoms with Crippen LogP contribution in [0.1, 0.15) is 41.5 Å². The van der Waals surface area contributed by atoms with Crippen molar-refractivity contribution in [1.82, 2.24) is 9.88 Å². The number of hydrogen-bond donors (Lipinski definition) is 1. The lowest BCUT2D eigenvalue weighted by atomic mass is 9.96. The fourth-order valence-electron chi connectivity index (χ4n) is 3.09. The van der Waals surface area contributed by atoms with Crippen LogP contribution in [-0.4, -0.2) is 45.9 Å². The van der Waals surface area contributed by atoms with E-state index < -0.39 is 17.7 Å². The van der Waals surface area contributed by atoms with Crippen molar-refractivity contribution in [2.45, 2.75) is 32.4 Å². The number of ketones is 1. The third-order valence-electron chi connectivity index (χ3n) is 4.29. The van der Waals surface area contributed by atoms with Gasteiger partial charge in [0.1, 0.15) is 0 Å². The summed E-state index contributed by atoms with van der Waals surface area (Å²) in [7, 11) is 0. The second-order valence-electron chi connectivity index (χ2n) is 6.53. The van der Waals surface area contributed by atoms with E-state index in [-0.39, 0.29) is 17.5 Å². The molecule has 1 N–H and O–H groups in total. The third-order valence-corrected chi connectivity index (χ3v) is 5.16. The number of amides is 1. The molecule has 0 spiro atoms. The molecule has 0 saturated heterocycles. The van der Waals surface area contributed by atoms with Crippen molar-refractivity contribution in [2.24, 2.45) is 0 Å². The Morgan fingerprint density at radius 1 is 1.37 bits per heavy atom. The van der Waals surface area contributed by atoms with E-state index in [1.54, 1.807) is 36.0 Å². The molecule has 2 aromatic rings. The van der Waals surface area contributed by atoms with Gasteiger partial charge in [-0.1, -0.05) is 12.1 Å². The fourth-order valence-corrected chi connectivity index (χ4v) is 3.77. The van der Waals surface area contributed by atoms with Crippen molar-refractivity contribution in [3.05, 3.63) is 63.8 Å². The minimum absolute atomic E-state index is 0.107. The summed E-state index contributed by atoms with van der Waals surface area (Å²) in [6.45, 7) is 4.77. The number of aliphatic hydroxyl groups excluding tert-OH is 1. The van der Waals surface area contributed by atoms with E-state index in [2.05, 4.69) is 4.98 Å². The van der Waals surface area contributed by atoms with Gasteiger partial charge in [-0.15, -0.1) is 11.3 Å². The van der Waals surface area contributed by atoms with Crippen LogP contribution in [0, 0.1) is 0 Å². The molecule has 0 aliphatic carbocycles. The number of hydrogen-bond acceptors (Lipinski definition) is 6. The zero-order valence-corrected chi connectivity index (χ0v) is 16.1. The van der Waals surface area contributed by atoms with E-state index in [1.807, 2.05) is 19.9 Å². The number of Topliss-reactive ketones (excluding diaryl/α,β-unsaturated/α-hetero) is 1. The van der Waals surface area contributed by atoms with E-state index in [0.29, 0.717) is 30.0 Å². The Hall–Kier alpha value is -2.51. The van der Waals surface area contributed by atoms with Crippen LogP contribution in [0.5, 0.6) is 0 Å². The van der Waals surface area contributed by atoms with Crippen molar-refractivity contribution in [3.63, 3.8) is 0 Å². The highest BCUT2D eigenvalue weighted by atomic mass is 32.1. The Morgan fingerprint density at radius 2 is 2.19 bits per heavy atom. The molecule has 3 rings (SSSR count). The topological polar surface area (TPSA) is 79.7 Å². The average Bonchev–Trinajstić information content (AvgIpc) is 3.28. The van der Waals surface area contributed by atoms with Crippen LogP contribution < -0.4 is 0 Å². The summed E-state index contributed by atoms with van der Waals surface area (Å²) >= 11 is 1.28. The lowest BCUT2D eigenvalue weighted by Gasteiger charge is -2.26. The Bertz CT molecular complexity index is 831. The first-order chi connectivity index (χ1) is 13.0. The highest BCUT2D eigenvalue weighted by Crippen LogP contribution is 2.39. The van der Waals surface area contributed by atoms with Gasteiger partial charge in [0.15, 0.2) is 5.76 Å². The highest BCUT2D eigenvalue weighted by Gasteiger charge is 2.43. The third kappa shape index (κ3) is 4.09. The molecule has 2 aromatic heterocycles. The largest absolute Gasteiger partial charge is 0.503 e. The maximum atomic E-state index is 13.0. The van der Waals surface area contributed by atoms with Gasteiger partial charge in [-0.2, -0.15) is 0 Å². The molecule has 142 valence electrons. The maximum Gasteiger partial charge on any atom is 0.290 e. The lowest BCUT2D eigenvalue weighted by Crippen LogP contribution is -2.32. The minimum Gasteiger partial charge on any atom is -0.503 e. The van der Waals surface area contributed by atoms with Crippen molar-refractivity contribution in [1.29, 1.82) is 0 Å². The normalized spacial score (nSPS) is 17.2. The first-order valence-electron chi connectivity index (χ1n) is 8.84. The van der Waals surface area contributed by atoms with Crippen LogP contribution in [0.25, 0.3) is 0 Å². The van der Waals surface area contributed by atoms with Gasteiger partial charge in [0, 0.05) is 25.5 Å². The molecule has 0 bridgehead atoms. The van der Waals surface area contributed by atoms with Crippen LogP contribution in [-0.2, 0) is 9.53 Å². The quantitative estimate of drug-likeness (QED) is 0.554. The molecular weight excluding hydrogens is 364 g/mol. The van der Waals surface area contributed by atoms with Gasteiger partial charge in [0.05, 0.1) is 22.6 Å². The number of rotatable bonds is 8. The lowest BCUT2D eigenvalue weighted by molar-refractivity contribution is -0.129. The van der Waals surface area contributed by atoms with Gasteiger partial charge in [-0.05, 0) is 43.3 Å². The molecule has 1 aliphatic heterocycles. The summed E-state index contributed by atoms with van der Waals surface area (Å²) in [6.07, 6.45) is 3.96. The number of aliphatic hydroxyl groups is 1. The predicted molar refractivity (Wildman–Crippen MR) is 103 cm³/mol. The number of aromatic nitrogens is 1. The van der Waals surface area contributed by atoms with Crippen molar-refractivity contribution < 1.29 is 19.4 Å². The van der Waals surface area contributed by atoms with Crippen LogP contribution in [0.3, 0.4) is 0 Å². The van der Waals surface area contributed by atoms with Gasteiger partial charge in [0.25, 0.3) is 5.91 Å². The number of pyridine rings is 1. The number of carbonyl (C=O) groups is 2. The second-order valence-corrected chi connectivity index (χ2v) is 7.48. The standard InChI is InChI=1S/C20H22N2O4S/c1-13(2)26-10-5-9-22-17(14-6-3-8-21-12-14)16(19(24)20(22)25)18(23)15-7-4-11-27-15/h3-4,6-8,11-13,17,24H,5,9-10H2,1-2H3/t17-/m1/s1. The molecule has 0 saturated carbocycles. The Kier molecular flexibility index (Phi) is 6.03. The van der Waals surface area contributed by atoms with Gasteiger partial charge in [-0.25, -0.2) is 0 Å². The van der Waals surface area contributed by atoms with Gasteiger partial charge in [0.2, 0.25) is 5.78 Å². The minimum atomic E-state index is -0.653. The number of ether oxygens (including phenoxy) is 1. The molecule has 6 nitrogen and oxygen atoms in total. The molecule has 3 heterocycles. The SMILES string of the molecule is CC(C)OCCCN1C(=O)C(O)=C(C(=O)c2cccs2)[C@H]1c1cccnc1. The van der Waals surface area contributed by atoms with Crippen LogP contribution >= 0.6 is 11.3 Å². The summed E-state index contributed by atoms with van der Waals surface area (Å²) in [6, 6.07) is 6.37. The zero-order chi connectivity index (χ0) is 19.4. The molecule has 0 radical (unpaired) electrons.